The average molecular weight is 277 g/mol. The van der Waals surface area contributed by atoms with Crippen molar-refractivity contribution in [3.05, 3.63) is 29.3 Å². The Balaban J connectivity index is 2.30. The number of benzene rings is 1. The summed E-state index contributed by atoms with van der Waals surface area (Å²) in [6, 6.07) is 4.96. The van der Waals surface area contributed by atoms with Crippen molar-refractivity contribution in [1.29, 1.82) is 0 Å². The molecule has 0 bridgehead atoms. The van der Waals surface area contributed by atoms with Crippen LogP contribution in [0, 0.1) is 6.92 Å². The number of phenolic OH excluding ortho intramolecular Hbond substituents is 1. The van der Waals surface area contributed by atoms with Gasteiger partial charge in [-0.25, -0.2) is 0 Å². The third-order valence-corrected chi connectivity index (χ3v) is 4.21. The first-order valence-corrected chi connectivity index (χ1v) is 7.28. The Morgan fingerprint density at radius 2 is 2.10 bits per heavy atom. The van der Waals surface area contributed by atoms with Gasteiger partial charge in [0, 0.05) is 11.6 Å². The highest BCUT2D eigenvalue weighted by Crippen LogP contribution is 2.33. The van der Waals surface area contributed by atoms with Gasteiger partial charge >= 0.3 is 5.97 Å². The summed E-state index contributed by atoms with van der Waals surface area (Å²) < 4.78 is 0. The van der Waals surface area contributed by atoms with Crippen molar-refractivity contribution in [2.24, 2.45) is 0 Å². The highest BCUT2D eigenvalue weighted by Gasteiger charge is 2.31. The Kier molecular flexibility index (Phi) is 4.65. The van der Waals surface area contributed by atoms with Crippen LogP contribution in [0.25, 0.3) is 0 Å². The highest BCUT2D eigenvalue weighted by molar-refractivity contribution is 5.73. The Bertz CT molecular complexity index is 487. The van der Waals surface area contributed by atoms with Crippen LogP contribution < -0.4 is 0 Å². The molecule has 1 fully saturated rings. The van der Waals surface area contributed by atoms with E-state index in [0.717, 1.165) is 36.9 Å². The Hall–Kier alpha value is -1.55. The lowest BCUT2D eigenvalue weighted by atomic mass is 10.0. The predicted octanol–water partition coefficient (Wildman–Crippen LogP) is 3.09. The predicted molar refractivity (Wildman–Crippen MR) is 77.9 cm³/mol. The smallest absolute Gasteiger partial charge is 0.320 e. The van der Waals surface area contributed by atoms with Crippen molar-refractivity contribution in [3.8, 4) is 5.75 Å². The summed E-state index contributed by atoms with van der Waals surface area (Å²) in [6.07, 6.45) is 3.74. The average Bonchev–Trinajstić information content (AvgIpc) is 2.66. The van der Waals surface area contributed by atoms with E-state index in [1.807, 2.05) is 30.9 Å². The summed E-state index contributed by atoms with van der Waals surface area (Å²) in [5.74, 6) is -0.512. The number of carboxylic acid groups (broad SMARTS) is 1. The largest absolute Gasteiger partial charge is 0.508 e. The van der Waals surface area contributed by atoms with E-state index in [2.05, 4.69) is 0 Å². The van der Waals surface area contributed by atoms with Crippen molar-refractivity contribution >= 4 is 5.97 Å². The maximum atomic E-state index is 11.5. The van der Waals surface area contributed by atoms with Crippen LogP contribution in [0.2, 0.25) is 0 Å². The maximum Gasteiger partial charge on any atom is 0.320 e. The van der Waals surface area contributed by atoms with Crippen LogP contribution >= 0.6 is 0 Å². The Morgan fingerprint density at radius 3 is 2.80 bits per heavy atom. The fraction of sp³-hybridized carbons (Fsp3) is 0.562. The number of carbonyl (C=O) groups is 1. The lowest BCUT2D eigenvalue weighted by Gasteiger charge is -2.33. The summed E-state index contributed by atoms with van der Waals surface area (Å²) >= 11 is 0. The van der Waals surface area contributed by atoms with Gasteiger partial charge in [0.2, 0.25) is 0 Å². The molecule has 0 saturated carbocycles. The Labute approximate surface area is 120 Å². The fourth-order valence-corrected chi connectivity index (χ4v) is 3.05. The van der Waals surface area contributed by atoms with E-state index in [4.69, 9.17) is 0 Å². The first kappa shape index (κ1) is 14.9. The Morgan fingerprint density at radius 1 is 1.35 bits per heavy atom. The molecular weight excluding hydrogens is 254 g/mol. The van der Waals surface area contributed by atoms with Gasteiger partial charge in [0.25, 0.3) is 0 Å². The first-order chi connectivity index (χ1) is 9.50. The number of hydrogen-bond donors (Lipinski definition) is 2. The number of carboxylic acids is 1. The molecule has 2 atom stereocenters. The lowest BCUT2D eigenvalue weighted by molar-refractivity contribution is -0.144. The molecule has 0 aromatic heterocycles. The molecule has 2 N–H and O–H groups in total. The summed E-state index contributed by atoms with van der Waals surface area (Å²) in [5.41, 5.74) is 1.89. The molecule has 0 aliphatic carbocycles. The van der Waals surface area contributed by atoms with Crippen LogP contribution in [0.5, 0.6) is 5.75 Å². The molecule has 1 aliphatic rings. The highest BCUT2D eigenvalue weighted by atomic mass is 16.4. The molecule has 20 heavy (non-hydrogen) atoms. The molecule has 1 aromatic carbocycles. The van der Waals surface area contributed by atoms with E-state index in [0.29, 0.717) is 6.42 Å². The van der Waals surface area contributed by atoms with Crippen molar-refractivity contribution in [1.82, 2.24) is 4.90 Å². The lowest BCUT2D eigenvalue weighted by Crippen LogP contribution is -2.42. The minimum Gasteiger partial charge on any atom is -0.508 e. The molecule has 0 spiro atoms. The fourth-order valence-electron chi connectivity index (χ4n) is 3.05. The van der Waals surface area contributed by atoms with E-state index < -0.39 is 12.0 Å². The zero-order chi connectivity index (χ0) is 14.7. The number of hydrogen-bond acceptors (Lipinski definition) is 3. The van der Waals surface area contributed by atoms with Crippen LogP contribution in [-0.4, -0.2) is 33.7 Å². The molecular formula is C16H23NO3. The summed E-state index contributed by atoms with van der Waals surface area (Å²) in [4.78, 5) is 13.5. The summed E-state index contributed by atoms with van der Waals surface area (Å²) in [7, 11) is 0. The molecule has 110 valence electrons. The van der Waals surface area contributed by atoms with E-state index in [1.54, 1.807) is 6.07 Å². The molecule has 1 heterocycles. The van der Waals surface area contributed by atoms with Gasteiger partial charge in [-0.1, -0.05) is 30.5 Å². The van der Waals surface area contributed by atoms with Crippen LogP contribution in [0.1, 0.15) is 49.8 Å². The van der Waals surface area contributed by atoms with Crippen molar-refractivity contribution in [2.75, 3.05) is 6.54 Å². The molecule has 1 saturated heterocycles. The van der Waals surface area contributed by atoms with E-state index >= 15 is 0 Å². The molecule has 4 heteroatoms. The normalized spacial score (nSPS) is 22.2. The molecule has 0 amide bonds. The van der Waals surface area contributed by atoms with E-state index in [1.165, 1.54) is 0 Å². The number of nitrogens with zero attached hydrogens (tertiary/aromatic N) is 1. The van der Waals surface area contributed by atoms with Crippen molar-refractivity contribution in [3.63, 3.8) is 0 Å². The maximum absolute atomic E-state index is 11.5. The SMILES string of the molecule is Cc1ccc(O)c(C(C)N2CCCCCC2C(=O)O)c1. The monoisotopic (exact) mass is 277 g/mol. The minimum absolute atomic E-state index is 0.0888. The second kappa shape index (κ2) is 6.27. The van der Waals surface area contributed by atoms with Gasteiger partial charge in [-0.05, 0) is 39.3 Å². The van der Waals surface area contributed by atoms with E-state index in [9.17, 15) is 15.0 Å². The molecule has 0 radical (unpaired) electrons. The minimum atomic E-state index is -0.758. The van der Waals surface area contributed by atoms with Crippen LogP contribution in [-0.2, 0) is 4.79 Å². The van der Waals surface area contributed by atoms with Crippen LogP contribution in [0.3, 0.4) is 0 Å². The van der Waals surface area contributed by atoms with Gasteiger partial charge in [-0.3, -0.25) is 9.69 Å². The number of phenols is 1. The summed E-state index contributed by atoms with van der Waals surface area (Å²) in [5, 5.41) is 19.5. The topological polar surface area (TPSA) is 60.8 Å². The van der Waals surface area contributed by atoms with Crippen molar-refractivity contribution < 1.29 is 15.0 Å². The zero-order valence-electron chi connectivity index (χ0n) is 12.2. The number of aliphatic carboxylic acids is 1. The van der Waals surface area contributed by atoms with Crippen LogP contribution in [0.4, 0.5) is 0 Å². The third kappa shape index (κ3) is 3.12. The van der Waals surface area contributed by atoms with Gasteiger partial charge in [-0.15, -0.1) is 0 Å². The van der Waals surface area contributed by atoms with Gasteiger partial charge < -0.3 is 10.2 Å². The number of aryl methyl sites for hydroxylation is 1. The zero-order valence-corrected chi connectivity index (χ0v) is 12.2. The number of aromatic hydroxyl groups is 1. The number of rotatable bonds is 3. The van der Waals surface area contributed by atoms with Gasteiger partial charge in [-0.2, -0.15) is 0 Å². The second-order valence-electron chi connectivity index (χ2n) is 5.68. The third-order valence-electron chi connectivity index (χ3n) is 4.21. The van der Waals surface area contributed by atoms with Gasteiger partial charge in [0.05, 0.1) is 0 Å². The van der Waals surface area contributed by atoms with Crippen LogP contribution in [0.15, 0.2) is 18.2 Å². The van der Waals surface area contributed by atoms with Gasteiger partial charge in [0.15, 0.2) is 0 Å². The quantitative estimate of drug-likeness (QED) is 0.891. The summed E-state index contributed by atoms with van der Waals surface area (Å²) in [6.45, 7) is 4.73. The molecule has 4 nitrogen and oxygen atoms in total. The molecule has 1 aliphatic heterocycles. The standard InChI is InChI=1S/C16H23NO3/c1-11-7-8-15(18)13(10-11)12(2)17-9-5-3-4-6-14(17)16(19)20/h7-8,10,12,14,18H,3-6,9H2,1-2H3,(H,19,20). The first-order valence-electron chi connectivity index (χ1n) is 7.28. The number of likely N-dealkylation sites (tertiary alicyclic amines) is 1. The molecule has 1 aromatic rings. The van der Waals surface area contributed by atoms with E-state index in [-0.39, 0.29) is 11.8 Å². The molecule has 2 unspecified atom stereocenters. The second-order valence-corrected chi connectivity index (χ2v) is 5.68. The van der Waals surface area contributed by atoms with Crippen molar-refractivity contribution in [2.45, 2.75) is 51.6 Å². The van der Waals surface area contributed by atoms with Gasteiger partial charge in [0.1, 0.15) is 11.8 Å². The molecule has 2 rings (SSSR count).